The highest BCUT2D eigenvalue weighted by atomic mass is 16.5. The average molecular weight is 290 g/mol. The van der Waals surface area contributed by atoms with Crippen LogP contribution in [0.2, 0.25) is 0 Å². The van der Waals surface area contributed by atoms with Gasteiger partial charge in [-0.15, -0.1) is 0 Å². The molecule has 2 aliphatic heterocycles. The molecule has 2 aliphatic rings. The molecule has 2 fully saturated rings. The van der Waals surface area contributed by atoms with Crippen molar-refractivity contribution in [2.24, 2.45) is 5.92 Å². The molecule has 21 heavy (non-hydrogen) atoms. The first kappa shape index (κ1) is 14.5. The van der Waals surface area contributed by atoms with Gasteiger partial charge in [-0.05, 0) is 36.5 Å². The van der Waals surface area contributed by atoms with E-state index >= 15 is 0 Å². The Balaban J connectivity index is 1.42. The summed E-state index contributed by atoms with van der Waals surface area (Å²) < 4.78 is 11.7. The first-order valence-corrected chi connectivity index (χ1v) is 7.56. The number of carbonyl (C=O) groups is 1. The first-order valence-electron chi connectivity index (χ1n) is 7.56. The number of hydrogen-bond acceptors (Lipinski definition) is 4. The molecule has 1 spiro atoms. The van der Waals surface area contributed by atoms with Gasteiger partial charge < -0.3 is 14.4 Å². The lowest BCUT2D eigenvalue weighted by Gasteiger charge is -2.50. The Morgan fingerprint density at radius 3 is 2.95 bits per heavy atom. The van der Waals surface area contributed by atoms with E-state index in [0.29, 0.717) is 12.5 Å². The van der Waals surface area contributed by atoms with Crippen molar-refractivity contribution in [1.82, 2.24) is 9.88 Å². The largest absolute Gasteiger partial charge is 0.377 e. The van der Waals surface area contributed by atoms with Gasteiger partial charge in [-0.25, -0.2) is 0 Å². The smallest absolute Gasteiger partial charge is 0.219 e. The van der Waals surface area contributed by atoms with Crippen LogP contribution in [-0.4, -0.2) is 47.7 Å². The second-order valence-electron chi connectivity index (χ2n) is 5.97. The summed E-state index contributed by atoms with van der Waals surface area (Å²) in [6.07, 6.45) is 5.63. The van der Waals surface area contributed by atoms with Crippen molar-refractivity contribution in [2.75, 3.05) is 26.3 Å². The number of amides is 1. The van der Waals surface area contributed by atoms with E-state index in [2.05, 4.69) is 4.98 Å². The van der Waals surface area contributed by atoms with E-state index in [9.17, 15) is 4.79 Å². The number of likely N-dealkylation sites (tertiary alicyclic amines) is 1. The number of rotatable bonds is 5. The first-order chi connectivity index (χ1) is 10.2. The molecule has 1 aromatic rings. The third-order valence-electron chi connectivity index (χ3n) is 4.59. The minimum Gasteiger partial charge on any atom is -0.377 e. The Morgan fingerprint density at radius 1 is 1.48 bits per heavy atom. The van der Waals surface area contributed by atoms with Gasteiger partial charge in [0, 0.05) is 32.5 Å². The molecule has 0 radical (unpaired) electrons. The molecular weight excluding hydrogens is 268 g/mol. The maximum absolute atomic E-state index is 11.3. The van der Waals surface area contributed by atoms with Crippen LogP contribution in [-0.2, 0) is 20.9 Å². The summed E-state index contributed by atoms with van der Waals surface area (Å²) in [6, 6.07) is 3.94. The van der Waals surface area contributed by atoms with Gasteiger partial charge in [-0.3, -0.25) is 9.78 Å². The number of aromatic nitrogens is 1. The minimum atomic E-state index is -0.0916. The Morgan fingerprint density at radius 2 is 2.24 bits per heavy atom. The molecule has 5 heteroatoms. The summed E-state index contributed by atoms with van der Waals surface area (Å²) in [7, 11) is 0. The highest BCUT2D eigenvalue weighted by Gasteiger charge is 2.53. The predicted octanol–water partition coefficient (Wildman–Crippen LogP) is 1.63. The van der Waals surface area contributed by atoms with Crippen LogP contribution in [0.25, 0.3) is 0 Å². The van der Waals surface area contributed by atoms with Crippen LogP contribution in [0.4, 0.5) is 0 Å². The Kier molecular flexibility index (Phi) is 4.22. The van der Waals surface area contributed by atoms with Crippen LogP contribution in [0.5, 0.6) is 0 Å². The zero-order chi connectivity index (χ0) is 14.7. The number of hydrogen-bond donors (Lipinski definition) is 0. The van der Waals surface area contributed by atoms with E-state index in [1.165, 1.54) is 0 Å². The van der Waals surface area contributed by atoms with Crippen molar-refractivity contribution in [2.45, 2.75) is 32.0 Å². The fourth-order valence-electron chi connectivity index (χ4n) is 3.26. The van der Waals surface area contributed by atoms with Gasteiger partial charge in [0.25, 0.3) is 0 Å². The summed E-state index contributed by atoms with van der Waals surface area (Å²) >= 11 is 0. The molecule has 2 saturated heterocycles. The summed E-state index contributed by atoms with van der Waals surface area (Å²) in [5.74, 6) is 0.648. The second-order valence-corrected chi connectivity index (χ2v) is 5.97. The van der Waals surface area contributed by atoms with Gasteiger partial charge in [0.2, 0.25) is 5.91 Å². The van der Waals surface area contributed by atoms with E-state index in [0.717, 1.165) is 44.7 Å². The van der Waals surface area contributed by atoms with Crippen LogP contribution in [0.15, 0.2) is 24.5 Å². The van der Waals surface area contributed by atoms with Crippen LogP contribution >= 0.6 is 0 Å². The van der Waals surface area contributed by atoms with Crippen LogP contribution < -0.4 is 0 Å². The van der Waals surface area contributed by atoms with Gasteiger partial charge in [0.15, 0.2) is 0 Å². The third-order valence-corrected chi connectivity index (χ3v) is 4.59. The molecule has 3 heterocycles. The summed E-state index contributed by atoms with van der Waals surface area (Å²) in [5, 5.41) is 0. The third kappa shape index (κ3) is 3.09. The minimum absolute atomic E-state index is 0.0916. The zero-order valence-electron chi connectivity index (χ0n) is 12.5. The van der Waals surface area contributed by atoms with Crippen molar-refractivity contribution in [3.8, 4) is 0 Å². The highest BCUT2D eigenvalue weighted by molar-refractivity contribution is 5.74. The lowest BCUT2D eigenvalue weighted by molar-refractivity contribution is -0.164. The number of pyridine rings is 1. The second kappa shape index (κ2) is 6.12. The molecule has 0 aliphatic carbocycles. The Bertz CT molecular complexity index is 486. The van der Waals surface area contributed by atoms with E-state index in [-0.39, 0.29) is 11.5 Å². The van der Waals surface area contributed by atoms with Crippen LogP contribution in [0.3, 0.4) is 0 Å². The molecule has 0 N–H and O–H groups in total. The van der Waals surface area contributed by atoms with Crippen molar-refractivity contribution >= 4 is 5.91 Å². The number of nitrogens with zero attached hydrogens (tertiary/aromatic N) is 2. The molecule has 0 aromatic carbocycles. The Labute approximate surface area is 125 Å². The predicted molar refractivity (Wildman–Crippen MR) is 77.6 cm³/mol. The highest BCUT2D eigenvalue weighted by Crippen LogP contribution is 2.41. The molecule has 1 aromatic heterocycles. The van der Waals surface area contributed by atoms with Crippen LogP contribution in [0.1, 0.15) is 25.3 Å². The zero-order valence-corrected chi connectivity index (χ0v) is 12.5. The fourth-order valence-corrected chi connectivity index (χ4v) is 3.26. The molecule has 5 nitrogen and oxygen atoms in total. The molecule has 3 rings (SSSR count). The molecule has 114 valence electrons. The molecule has 0 saturated carbocycles. The SMILES string of the molecule is CC(=O)N1CC2(C1)OCC[C@@H]2CCOCc1ccncc1. The molecular formula is C16H22N2O3. The summed E-state index contributed by atoms with van der Waals surface area (Å²) in [5.41, 5.74) is 1.06. The lowest BCUT2D eigenvalue weighted by Crippen LogP contribution is -2.65. The quantitative estimate of drug-likeness (QED) is 0.773. The van der Waals surface area contributed by atoms with Crippen LogP contribution in [0, 0.1) is 5.92 Å². The monoisotopic (exact) mass is 290 g/mol. The van der Waals surface area contributed by atoms with Crippen molar-refractivity contribution in [1.29, 1.82) is 0 Å². The van der Waals surface area contributed by atoms with E-state index < -0.39 is 0 Å². The van der Waals surface area contributed by atoms with Crippen molar-refractivity contribution in [3.63, 3.8) is 0 Å². The molecule has 0 bridgehead atoms. The van der Waals surface area contributed by atoms with Gasteiger partial charge >= 0.3 is 0 Å². The number of carbonyl (C=O) groups excluding carboxylic acids is 1. The fraction of sp³-hybridized carbons (Fsp3) is 0.625. The maximum Gasteiger partial charge on any atom is 0.219 e. The maximum atomic E-state index is 11.3. The average Bonchev–Trinajstić information content (AvgIpc) is 2.87. The summed E-state index contributed by atoms with van der Waals surface area (Å²) in [6.45, 7) is 5.28. The van der Waals surface area contributed by atoms with Gasteiger partial charge in [-0.1, -0.05) is 0 Å². The van der Waals surface area contributed by atoms with Crippen molar-refractivity contribution in [3.05, 3.63) is 30.1 Å². The molecule has 0 unspecified atom stereocenters. The summed E-state index contributed by atoms with van der Waals surface area (Å²) in [4.78, 5) is 17.2. The normalized spacial score (nSPS) is 23.3. The van der Waals surface area contributed by atoms with E-state index in [1.54, 1.807) is 19.3 Å². The molecule has 1 amide bonds. The van der Waals surface area contributed by atoms with Gasteiger partial charge in [-0.2, -0.15) is 0 Å². The van der Waals surface area contributed by atoms with E-state index in [1.807, 2.05) is 17.0 Å². The lowest BCUT2D eigenvalue weighted by atomic mass is 9.79. The standard InChI is InChI=1S/C16H22N2O3/c1-13(19)18-11-16(12-18)15(5-9-21-16)4-8-20-10-14-2-6-17-7-3-14/h2-3,6-7,15H,4-5,8-12H2,1H3/t15-/m0/s1. The number of ether oxygens (including phenoxy) is 2. The molecule has 1 atom stereocenters. The van der Waals surface area contributed by atoms with Gasteiger partial charge in [0.1, 0.15) is 5.60 Å². The van der Waals surface area contributed by atoms with E-state index in [4.69, 9.17) is 9.47 Å². The van der Waals surface area contributed by atoms with Gasteiger partial charge in [0.05, 0.1) is 19.7 Å². The Hall–Kier alpha value is -1.46. The van der Waals surface area contributed by atoms with Crippen molar-refractivity contribution < 1.29 is 14.3 Å². The topological polar surface area (TPSA) is 51.7 Å².